The van der Waals surface area contributed by atoms with Gasteiger partial charge in [0.25, 0.3) is 0 Å². The first-order valence-corrected chi connectivity index (χ1v) is 7.11. The summed E-state index contributed by atoms with van der Waals surface area (Å²) < 4.78 is 26.1. The van der Waals surface area contributed by atoms with Crippen molar-refractivity contribution in [3.8, 4) is 0 Å². The molecule has 0 aliphatic rings. The molecule has 0 radical (unpaired) electrons. The molecule has 21 heavy (non-hydrogen) atoms. The standard InChI is InChI=1S/C15H22F2N2O2/c1-3-14(4-2)19(5-6-20)10-15(21)18-13-8-11(16)7-12(17)9-13/h7-9,14,20H,3-6,10H2,1-2H3,(H,18,21). The summed E-state index contributed by atoms with van der Waals surface area (Å²) in [5.74, 6) is -1.84. The monoisotopic (exact) mass is 300 g/mol. The number of benzene rings is 1. The molecule has 1 amide bonds. The van der Waals surface area contributed by atoms with E-state index < -0.39 is 11.6 Å². The van der Waals surface area contributed by atoms with Crippen LogP contribution in [0.1, 0.15) is 26.7 Å². The van der Waals surface area contributed by atoms with Crippen LogP contribution >= 0.6 is 0 Å². The Kier molecular flexibility index (Phi) is 7.25. The van der Waals surface area contributed by atoms with E-state index in [2.05, 4.69) is 5.32 Å². The van der Waals surface area contributed by atoms with Gasteiger partial charge in [0.2, 0.25) is 5.91 Å². The molecule has 0 heterocycles. The van der Waals surface area contributed by atoms with Gasteiger partial charge in [-0.3, -0.25) is 9.69 Å². The highest BCUT2D eigenvalue weighted by molar-refractivity contribution is 5.92. The molecule has 0 aromatic heterocycles. The van der Waals surface area contributed by atoms with E-state index in [-0.39, 0.29) is 30.8 Å². The second-order valence-corrected chi connectivity index (χ2v) is 4.87. The number of rotatable bonds is 8. The average Bonchev–Trinajstić information content (AvgIpc) is 2.38. The molecule has 0 saturated carbocycles. The first-order valence-electron chi connectivity index (χ1n) is 7.11. The minimum absolute atomic E-state index is 0.0433. The van der Waals surface area contributed by atoms with Crippen molar-refractivity contribution in [1.82, 2.24) is 4.90 Å². The van der Waals surface area contributed by atoms with Crippen molar-refractivity contribution >= 4 is 11.6 Å². The number of amides is 1. The Bertz CT molecular complexity index is 445. The molecule has 1 aromatic rings. The summed E-state index contributed by atoms with van der Waals surface area (Å²) in [7, 11) is 0. The molecule has 0 atom stereocenters. The van der Waals surface area contributed by atoms with Gasteiger partial charge in [0.1, 0.15) is 11.6 Å². The molecule has 1 aromatic carbocycles. The lowest BCUT2D eigenvalue weighted by Crippen LogP contribution is -2.42. The van der Waals surface area contributed by atoms with Crippen LogP contribution in [0.25, 0.3) is 0 Å². The smallest absolute Gasteiger partial charge is 0.238 e. The Morgan fingerprint density at radius 1 is 1.24 bits per heavy atom. The third-order valence-corrected chi connectivity index (χ3v) is 3.34. The topological polar surface area (TPSA) is 52.6 Å². The van der Waals surface area contributed by atoms with Crippen molar-refractivity contribution in [1.29, 1.82) is 0 Å². The fourth-order valence-electron chi connectivity index (χ4n) is 2.34. The quantitative estimate of drug-likeness (QED) is 0.775. The average molecular weight is 300 g/mol. The van der Waals surface area contributed by atoms with Crippen molar-refractivity contribution < 1.29 is 18.7 Å². The predicted octanol–water partition coefficient (Wildman–Crippen LogP) is 2.39. The van der Waals surface area contributed by atoms with Crippen LogP contribution in [0.2, 0.25) is 0 Å². The van der Waals surface area contributed by atoms with Crippen LogP contribution in [-0.4, -0.2) is 41.7 Å². The number of hydrogen-bond acceptors (Lipinski definition) is 3. The third-order valence-electron chi connectivity index (χ3n) is 3.34. The Balaban J connectivity index is 2.68. The van der Waals surface area contributed by atoms with Gasteiger partial charge in [0.15, 0.2) is 0 Å². The fourth-order valence-corrected chi connectivity index (χ4v) is 2.34. The van der Waals surface area contributed by atoms with Gasteiger partial charge >= 0.3 is 0 Å². The zero-order valence-corrected chi connectivity index (χ0v) is 12.4. The molecule has 0 aliphatic heterocycles. The van der Waals surface area contributed by atoms with Crippen LogP contribution < -0.4 is 5.32 Å². The maximum atomic E-state index is 13.1. The Hall–Kier alpha value is -1.53. The van der Waals surface area contributed by atoms with Crippen molar-refractivity contribution in [2.75, 3.05) is 25.0 Å². The second-order valence-electron chi connectivity index (χ2n) is 4.87. The number of hydrogen-bond donors (Lipinski definition) is 2. The molecule has 0 unspecified atom stereocenters. The van der Waals surface area contributed by atoms with Gasteiger partial charge in [-0.15, -0.1) is 0 Å². The number of carbonyl (C=O) groups is 1. The van der Waals surface area contributed by atoms with E-state index in [0.717, 1.165) is 31.0 Å². The lowest BCUT2D eigenvalue weighted by atomic mass is 10.1. The number of carbonyl (C=O) groups excluding carboxylic acids is 1. The number of nitrogens with one attached hydrogen (secondary N) is 1. The molecule has 0 aliphatic carbocycles. The first kappa shape index (κ1) is 17.5. The largest absolute Gasteiger partial charge is 0.395 e. The van der Waals surface area contributed by atoms with Gasteiger partial charge in [0.05, 0.1) is 13.2 Å². The maximum absolute atomic E-state index is 13.1. The number of nitrogens with zero attached hydrogens (tertiary/aromatic N) is 1. The van der Waals surface area contributed by atoms with E-state index in [1.54, 1.807) is 0 Å². The maximum Gasteiger partial charge on any atom is 0.238 e. The number of aliphatic hydroxyl groups excluding tert-OH is 1. The van der Waals surface area contributed by atoms with E-state index in [9.17, 15) is 13.6 Å². The highest BCUT2D eigenvalue weighted by Gasteiger charge is 2.18. The summed E-state index contributed by atoms with van der Waals surface area (Å²) in [5.41, 5.74) is 0.0889. The van der Waals surface area contributed by atoms with Crippen molar-refractivity contribution in [3.63, 3.8) is 0 Å². The highest BCUT2D eigenvalue weighted by Crippen LogP contribution is 2.13. The second kappa shape index (κ2) is 8.69. The third kappa shape index (κ3) is 5.77. The van der Waals surface area contributed by atoms with Gasteiger partial charge in [0, 0.05) is 24.3 Å². The Morgan fingerprint density at radius 3 is 2.29 bits per heavy atom. The van der Waals surface area contributed by atoms with E-state index in [1.807, 2.05) is 18.7 Å². The molecule has 1 rings (SSSR count). The zero-order valence-electron chi connectivity index (χ0n) is 12.4. The summed E-state index contributed by atoms with van der Waals surface area (Å²) in [4.78, 5) is 13.8. The SMILES string of the molecule is CCC(CC)N(CCO)CC(=O)Nc1cc(F)cc(F)c1. The van der Waals surface area contributed by atoms with Crippen molar-refractivity contribution in [3.05, 3.63) is 29.8 Å². The zero-order chi connectivity index (χ0) is 15.8. The molecule has 0 bridgehead atoms. The highest BCUT2D eigenvalue weighted by atomic mass is 19.1. The predicted molar refractivity (Wildman–Crippen MR) is 78.0 cm³/mol. The van der Waals surface area contributed by atoms with Gasteiger partial charge in [-0.25, -0.2) is 8.78 Å². The molecule has 2 N–H and O–H groups in total. The minimum atomic E-state index is -0.738. The van der Waals surface area contributed by atoms with Crippen LogP contribution in [0, 0.1) is 11.6 Å². The van der Waals surface area contributed by atoms with Gasteiger partial charge in [-0.2, -0.15) is 0 Å². The fraction of sp³-hybridized carbons (Fsp3) is 0.533. The van der Waals surface area contributed by atoms with Gasteiger partial charge < -0.3 is 10.4 Å². The normalized spacial score (nSPS) is 11.2. The summed E-state index contributed by atoms with van der Waals surface area (Å²) in [5, 5.41) is 11.6. The van der Waals surface area contributed by atoms with Crippen LogP contribution in [0.15, 0.2) is 18.2 Å². The molecule has 0 spiro atoms. The first-order chi connectivity index (χ1) is 9.99. The number of anilines is 1. The van der Waals surface area contributed by atoms with E-state index in [0.29, 0.717) is 6.54 Å². The van der Waals surface area contributed by atoms with Crippen molar-refractivity contribution in [2.45, 2.75) is 32.7 Å². The molecule has 6 heteroatoms. The summed E-state index contributed by atoms with van der Waals surface area (Å²) in [6, 6.07) is 3.06. The van der Waals surface area contributed by atoms with Crippen LogP contribution in [0.3, 0.4) is 0 Å². The van der Waals surface area contributed by atoms with Crippen LogP contribution in [-0.2, 0) is 4.79 Å². The van der Waals surface area contributed by atoms with Gasteiger partial charge in [-0.05, 0) is 25.0 Å². The van der Waals surface area contributed by atoms with E-state index in [4.69, 9.17) is 5.11 Å². The van der Waals surface area contributed by atoms with Crippen LogP contribution in [0.4, 0.5) is 14.5 Å². The van der Waals surface area contributed by atoms with E-state index in [1.165, 1.54) is 0 Å². The van der Waals surface area contributed by atoms with Crippen molar-refractivity contribution in [2.24, 2.45) is 0 Å². The summed E-state index contributed by atoms with van der Waals surface area (Å²) in [6.45, 7) is 4.44. The molecule has 4 nitrogen and oxygen atoms in total. The minimum Gasteiger partial charge on any atom is -0.395 e. The summed E-state index contributed by atoms with van der Waals surface area (Å²) >= 11 is 0. The lowest BCUT2D eigenvalue weighted by molar-refractivity contribution is -0.118. The molecule has 118 valence electrons. The number of halogens is 2. The Morgan fingerprint density at radius 2 is 1.81 bits per heavy atom. The molecular weight excluding hydrogens is 278 g/mol. The lowest BCUT2D eigenvalue weighted by Gasteiger charge is -2.29. The molecule has 0 fully saturated rings. The number of aliphatic hydroxyl groups is 1. The van der Waals surface area contributed by atoms with Crippen LogP contribution in [0.5, 0.6) is 0 Å². The molecule has 0 saturated heterocycles. The summed E-state index contributed by atoms with van der Waals surface area (Å²) in [6.07, 6.45) is 1.72. The Labute approximate surface area is 123 Å². The molecular formula is C15H22F2N2O2. The van der Waals surface area contributed by atoms with E-state index >= 15 is 0 Å². The van der Waals surface area contributed by atoms with Gasteiger partial charge in [-0.1, -0.05) is 13.8 Å².